The number of esters is 1. The summed E-state index contributed by atoms with van der Waals surface area (Å²) in [6, 6.07) is 30.4. The predicted octanol–water partition coefficient (Wildman–Crippen LogP) is 7.21. The van der Waals surface area contributed by atoms with Crippen molar-refractivity contribution in [3.8, 4) is 0 Å². The first-order valence-electron chi connectivity index (χ1n) is 14.1. The molecule has 0 saturated heterocycles. The van der Waals surface area contributed by atoms with Crippen molar-refractivity contribution < 1.29 is 23.8 Å². The van der Waals surface area contributed by atoms with Crippen molar-refractivity contribution in [3.63, 3.8) is 0 Å². The molecule has 6 nitrogen and oxygen atoms in total. The number of ether oxygens (including phenoxy) is 3. The summed E-state index contributed by atoms with van der Waals surface area (Å²) in [5.41, 5.74) is 2.13. The largest absolute Gasteiger partial charge is 0.462 e. The zero-order valence-electron chi connectivity index (χ0n) is 24.9. The molecule has 3 rings (SSSR count). The number of carbonyl (C=O) groups excluding carboxylic acids is 2. The molecule has 3 aromatic carbocycles. The van der Waals surface area contributed by atoms with E-state index in [1.165, 1.54) is 14.0 Å². The number of nitrogens with zero attached hydrogens (tertiary/aromatic N) is 1. The normalized spacial score (nSPS) is 12.6. The molecule has 218 valence electrons. The van der Waals surface area contributed by atoms with Gasteiger partial charge in [0.05, 0.1) is 27.8 Å². The summed E-state index contributed by atoms with van der Waals surface area (Å²) in [5.74, 6) is -0.313. The van der Waals surface area contributed by atoms with Gasteiger partial charge in [0.2, 0.25) is 0 Å². The molecule has 0 bridgehead atoms. The molecule has 0 aliphatic rings. The van der Waals surface area contributed by atoms with Crippen LogP contribution >= 0.6 is 0 Å². The number of allylic oxidation sites excluding steroid dienone is 1. The predicted molar refractivity (Wildman–Crippen MR) is 166 cm³/mol. The Labute approximate surface area is 245 Å². The molecule has 0 heterocycles. The van der Waals surface area contributed by atoms with Crippen molar-refractivity contribution in [2.75, 3.05) is 26.5 Å². The van der Waals surface area contributed by atoms with Crippen LogP contribution in [0.2, 0.25) is 19.6 Å². The van der Waals surface area contributed by atoms with Gasteiger partial charge in [-0.2, -0.15) is 0 Å². The van der Waals surface area contributed by atoms with Gasteiger partial charge in [-0.05, 0) is 29.5 Å². The zero-order valence-corrected chi connectivity index (χ0v) is 25.9. The fraction of sp³-hybridized carbons (Fsp3) is 0.353. The van der Waals surface area contributed by atoms with Gasteiger partial charge in [0.1, 0.15) is 12.2 Å². The molecule has 0 N–H and O–H groups in total. The minimum absolute atomic E-state index is 0.227. The molecule has 1 atom stereocenters. The molecule has 3 aromatic rings. The highest BCUT2D eigenvalue weighted by Crippen LogP contribution is 2.41. The lowest BCUT2D eigenvalue weighted by Crippen LogP contribution is -2.51. The zero-order chi connectivity index (χ0) is 29.7. The van der Waals surface area contributed by atoms with Gasteiger partial charge in [0.15, 0.2) is 0 Å². The molecular formula is C34H43NO5Si. The summed E-state index contributed by atoms with van der Waals surface area (Å²) in [6.45, 7) is 8.62. The molecule has 0 aliphatic carbocycles. The lowest BCUT2D eigenvalue weighted by atomic mass is 9.80. The minimum Gasteiger partial charge on any atom is -0.462 e. The molecule has 0 saturated carbocycles. The molecule has 0 aliphatic heterocycles. The van der Waals surface area contributed by atoms with Crippen LogP contribution in [0, 0.1) is 0 Å². The number of carbonyl (C=O) groups is 2. The number of hydrogen-bond acceptors (Lipinski definition) is 5. The second-order valence-electron chi connectivity index (χ2n) is 11.3. The molecule has 41 heavy (non-hydrogen) atoms. The maximum Gasteiger partial charge on any atom is 0.409 e. The number of hydrogen-bond donors (Lipinski definition) is 0. The second kappa shape index (κ2) is 15.4. The monoisotopic (exact) mass is 573 g/mol. The van der Waals surface area contributed by atoms with Crippen LogP contribution in [0.1, 0.15) is 36.5 Å². The molecule has 7 heteroatoms. The summed E-state index contributed by atoms with van der Waals surface area (Å²) in [5, 5.41) is 0. The van der Waals surface area contributed by atoms with Crippen LogP contribution in [0.3, 0.4) is 0 Å². The van der Waals surface area contributed by atoms with Crippen molar-refractivity contribution >= 4 is 20.1 Å². The van der Waals surface area contributed by atoms with E-state index in [2.05, 4.69) is 56.0 Å². The van der Waals surface area contributed by atoms with Gasteiger partial charge in [-0.3, -0.25) is 4.79 Å². The van der Waals surface area contributed by atoms with Gasteiger partial charge in [0, 0.05) is 13.1 Å². The Morgan fingerprint density at radius 1 is 0.829 bits per heavy atom. The van der Waals surface area contributed by atoms with Gasteiger partial charge in [0.25, 0.3) is 0 Å². The number of benzene rings is 3. The first kappa shape index (κ1) is 31.8. The van der Waals surface area contributed by atoms with Crippen molar-refractivity contribution in [2.45, 2.75) is 51.0 Å². The highest BCUT2D eigenvalue weighted by molar-refractivity contribution is 6.76. The van der Waals surface area contributed by atoms with Gasteiger partial charge < -0.3 is 19.1 Å². The Morgan fingerprint density at radius 2 is 1.32 bits per heavy atom. The molecule has 0 aromatic heterocycles. The number of methoxy groups -OCH3 is 1. The lowest BCUT2D eigenvalue weighted by molar-refractivity contribution is -0.139. The average Bonchev–Trinajstić information content (AvgIpc) is 2.97. The maximum absolute atomic E-state index is 13.2. The summed E-state index contributed by atoms with van der Waals surface area (Å²) >= 11 is 0. The third-order valence-electron chi connectivity index (χ3n) is 6.74. The first-order valence-corrected chi connectivity index (χ1v) is 17.8. The van der Waals surface area contributed by atoms with Gasteiger partial charge in [-0.1, -0.05) is 123 Å². The molecule has 1 amide bonds. The summed E-state index contributed by atoms with van der Waals surface area (Å²) in [6.07, 6.45) is 5.45. The minimum atomic E-state index is -1.71. The highest BCUT2D eigenvalue weighted by atomic mass is 28.3. The number of rotatable bonds is 14. The van der Waals surface area contributed by atoms with E-state index in [0.717, 1.165) is 16.7 Å². The Kier molecular flexibility index (Phi) is 11.9. The Bertz CT molecular complexity index is 1150. The topological polar surface area (TPSA) is 65.1 Å². The quantitative estimate of drug-likeness (QED) is 0.0883. The van der Waals surface area contributed by atoms with E-state index in [4.69, 9.17) is 14.2 Å². The SMILES string of the molecule is COC(=O)N(C[Si](C)(C)C)C(CC/C=C/COC(C)=O)COC(c1ccccc1)(c1ccccc1)c1ccccc1. The van der Waals surface area contributed by atoms with E-state index in [9.17, 15) is 9.59 Å². The first-order chi connectivity index (χ1) is 19.7. The van der Waals surface area contributed by atoms with Crippen LogP contribution in [-0.4, -0.2) is 57.6 Å². The maximum atomic E-state index is 13.2. The smallest absolute Gasteiger partial charge is 0.409 e. The van der Waals surface area contributed by atoms with Crippen molar-refractivity contribution in [2.24, 2.45) is 0 Å². The second-order valence-corrected chi connectivity index (χ2v) is 16.7. The van der Waals surface area contributed by atoms with Crippen LogP contribution in [0.25, 0.3) is 0 Å². The molecule has 0 radical (unpaired) electrons. The van der Waals surface area contributed by atoms with Gasteiger partial charge in [-0.25, -0.2) is 4.79 Å². The Morgan fingerprint density at radius 3 is 1.73 bits per heavy atom. The Hall–Kier alpha value is -3.68. The summed E-state index contributed by atoms with van der Waals surface area (Å²) in [7, 11) is -0.278. The number of amides is 1. The third-order valence-corrected chi connectivity index (χ3v) is 8.03. The third kappa shape index (κ3) is 9.16. The summed E-state index contributed by atoms with van der Waals surface area (Å²) in [4.78, 5) is 26.1. The van der Waals surface area contributed by atoms with E-state index < -0.39 is 13.7 Å². The molecule has 1 unspecified atom stereocenters. The standard InChI is InChI=1S/C34H43NO5Si/c1-28(36)39-25-17-9-16-24-32(35(33(37)38-2)27-41(3,4)5)26-40-34(29-18-10-6-11-19-29,30-20-12-7-13-21-30)31-22-14-8-15-23-31/h6-15,17-23,32H,16,24-27H2,1-5H3/b17-9+. The molecule has 0 fully saturated rings. The highest BCUT2D eigenvalue weighted by Gasteiger charge is 2.39. The fourth-order valence-corrected chi connectivity index (χ4v) is 6.34. The molecular weight excluding hydrogens is 530 g/mol. The average molecular weight is 574 g/mol. The van der Waals surface area contributed by atoms with Gasteiger partial charge in [-0.15, -0.1) is 0 Å². The van der Waals surface area contributed by atoms with Crippen LogP contribution in [0.4, 0.5) is 4.79 Å². The van der Waals surface area contributed by atoms with E-state index in [-0.39, 0.29) is 31.3 Å². The van der Waals surface area contributed by atoms with Crippen LogP contribution < -0.4 is 0 Å². The van der Waals surface area contributed by atoms with E-state index in [1.54, 1.807) is 0 Å². The van der Waals surface area contributed by atoms with E-state index >= 15 is 0 Å². The van der Waals surface area contributed by atoms with Crippen molar-refractivity contribution in [1.29, 1.82) is 0 Å². The van der Waals surface area contributed by atoms with E-state index in [1.807, 2.05) is 71.6 Å². The lowest BCUT2D eigenvalue weighted by Gasteiger charge is -2.40. The van der Waals surface area contributed by atoms with Gasteiger partial charge >= 0.3 is 12.1 Å². The van der Waals surface area contributed by atoms with E-state index in [0.29, 0.717) is 19.0 Å². The van der Waals surface area contributed by atoms with Crippen molar-refractivity contribution in [1.82, 2.24) is 4.90 Å². The molecule has 0 spiro atoms. The summed E-state index contributed by atoms with van der Waals surface area (Å²) < 4.78 is 17.4. The van der Waals surface area contributed by atoms with Crippen LogP contribution in [0.5, 0.6) is 0 Å². The van der Waals surface area contributed by atoms with Crippen LogP contribution in [-0.2, 0) is 24.6 Å². The van der Waals surface area contributed by atoms with Crippen molar-refractivity contribution in [3.05, 3.63) is 120 Å². The van der Waals surface area contributed by atoms with Crippen LogP contribution in [0.15, 0.2) is 103 Å². The fourth-order valence-electron chi connectivity index (χ4n) is 4.93. The Balaban J connectivity index is 2.04.